The number of aryl methyl sites for hydroxylation is 2. The first-order chi connectivity index (χ1) is 14.9. The lowest BCUT2D eigenvalue weighted by molar-refractivity contribution is -0.119. The molecule has 2 heterocycles. The average Bonchev–Trinajstić information content (AvgIpc) is 3.05. The van der Waals surface area contributed by atoms with Gasteiger partial charge in [0.25, 0.3) is 5.91 Å². The largest absolute Gasteiger partial charge is 0.452 e. The second-order valence-electron chi connectivity index (χ2n) is 7.25. The van der Waals surface area contributed by atoms with Gasteiger partial charge in [0.05, 0.1) is 33.8 Å². The highest BCUT2D eigenvalue weighted by atomic mass is 16.5. The third-order valence-corrected chi connectivity index (χ3v) is 4.96. The molecule has 0 atom stereocenters. The topological polar surface area (TPSA) is 86.1 Å². The molecule has 0 unspecified atom stereocenters. The van der Waals surface area contributed by atoms with E-state index in [0.29, 0.717) is 33.5 Å². The number of ether oxygens (including phenoxy) is 1. The monoisotopic (exact) mass is 414 g/mol. The molecular formula is C24H22N4O3. The summed E-state index contributed by atoms with van der Waals surface area (Å²) >= 11 is 0. The number of hydrogen-bond acceptors (Lipinski definition) is 5. The molecule has 0 bridgehead atoms. The van der Waals surface area contributed by atoms with Gasteiger partial charge in [0.1, 0.15) is 0 Å². The molecule has 0 aliphatic carbocycles. The first-order valence-corrected chi connectivity index (χ1v) is 9.89. The predicted octanol–water partition coefficient (Wildman–Crippen LogP) is 4.14. The zero-order valence-electron chi connectivity index (χ0n) is 17.5. The van der Waals surface area contributed by atoms with Crippen LogP contribution in [0.5, 0.6) is 0 Å². The molecule has 2 aromatic carbocycles. The minimum absolute atomic E-state index is 0.389. The van der Waals surface area contributed by atoms with Crippen molar-refractivity contribution in [2.75, 3.05) is 11.9 Å². The Morgan fingerprint density at radius 3 is 2.48 bits per heavy atom. The quantitative estimate of drug-likeness (QED) is 0.496. The number of anilines is 1. The van der Waals surface area contributed by atoms with Gasteiger partial charge >= 0.3 is 5.97 Å². The van der Waals surface area contributed by atoms with E-state index in [1.165, 1.54) is 0 Å². The molecule has 31 heavy (non-hydrogen) atoms. The number of nitrogens with one attached hydrogen (secondary N) is 1. The number of benzene rings is 2. The maximum absolute atomic E-state index is 12.6. The molecule has 1 N–H and O–H groups in total. The highest BCUT2D eigenvalue weighted by Crippen LogP contribution is 2.23. The first kappa shape index (κ1) is 20.3. The summed E-state index contributed by atoms with van der Waals surface area (Å²) in [6.07, 6.45) is 0. The lowest BCUT2D eigenvalue weighted by atomic mass is 10.1. The van der Waals surface area contributed by atoms with Crippen LogP contribution in [0.1, 0.15) is 27.4 Å². The van der Waals surface area contributed by atoms with E-state index in [9.17, 15) is 9.59 Å². The number of rotatable bonds is 5. The summed E-state index contributed by atoms with van der Waals surface area (Å²) < 4.78 is 7.06. The van der Waals surface area contributed by atoms with E-state index >= 15 is 0 Å². The smallest absolute Gasteiger partial charge is 0.339 e. The van der Waals surface area contributed by atoms with Gasteiger partial charge in [-0.2, -0.15) is 5.10 Å². The summed E-state index contributed by atoms with van der Waals surface area (Å²) in [7, 11) is 0. The normalized spacial score (nSPS) is 10.8. The molecule has 4 rings (SSSR count). The number of carbonyl (C=O) groups excluding carboxylic acids is 2. The fraction of sp³-hybridized carbons (Fsp3) is 0.167. The van der Waals surface area contributed by atoms with Gasteiger partial charge in [-0.3, -0.25) is 9.78 Å². The molecule has 0 radical (unpaired) electrons. The fourth-order valence-electron chi connectivity index (χ4n) is 3.51. The van der Waals surface area contributed by atoms with E-state index in [-0.39, 0.29) is 0 Å². The van der Waals surface area contributed by atoms with Crippen molar-refractivity contribution in [2.24, 2.45) is 0 Å². The third kappa shape index (κ3) is 4.16. The maximum Gasteiger partial charge on any atom is 0.339 e. The van der Waals surface area contributed by atoms with E-state index in [1.807, 2.05) is 75.4 Å². The fourth-order valence-corrected chi connectivity index (χ4v) is 3.51. The van der Waals surface area contributed by atoms with Crippen molar-refractivity contribution in [1.29, 1.82) is 0 Å². The van der Waals surface area contributed by atoms with Gasteiger partial charge in [0.15, 0.2) is 6.61 Å². The predicted molar refractivity (Wildman–Crippen MR) is 118 cm³/mol. The summed E-state index contributed by atoms with van der Waals surface area (Å²) in [5, 5.41) is 8.01. The van der Waals surface area contributed by atoms with Crippen LogP contribution in [0.2, 0.25) is 0 Å². The van der Waals surface area contributed by atoms with Gasteiger partial charge in [0.2, 0.25) is 0 Å². The van der Waals surface area contributed by atoms with Crippen LogP contribution in [0.15, 0.2) is 60.7 Å². The lowest BCUT2D eigenvalue weighted by Gasteiger charge is -2.09. The third-order valence-electron chi connectivity index (χ3n) is 4.96. The van der Waals surface area contributed by atoms with Crippen molar-refractivity contribution in [3.05, 3.63) is 83.3 Å². The number of pyridine rings is 1. The first-order valence-electron chi connectivity index (χ1n) is 9.89. The zero-order chi connectivity index (χ0) is 22.0. The molecule has 4 aromatic rings. The number of carbonyl (C=O) groups is 2. The molecule has 7 nitrogen and oxygen atoms in total. The van der Waals surface area contributed by atoms with Crippen LogP contribution < -0.4 is 5.32 Å². The summed E-state index contributed by atoms with van der Waals surface area (Å²) in [5.74, 6) is -0.993. The van der Waals surface area contributed by atoms with Crippen LogP contribution in [0.3, 0.4) is 0 Å². The standard InChI is InChI=1S/C24H22N4O3/c1-15-13-20(19-11-7-8-12-21(19)25-15)24(30)31-14-22(29)26-23-16(2)27-28(17(23)3)18-9-5-4-6-10-18/h4-13H,14H2,1-3H3,(H,26,29). The van der Waals surface area contributed by atoms with Crippen LogP contribution in [0.25, 0.3) is 16.6 Å². The summed E-state index contributed by atoms with van der Waals surface area (Å²) in [5.41, 5.74) is 4.77. The number of fused-ring (bicyclic) bond motifs is 1. The Balaban J connectivity index is 1.47. The molecule has 0 saturated carbocycles. The average molecular weight is 414 g/mol. The van der Waals surface area contributed by atoms with Crippen molar-refractivity contribution in [2.45, 2.75) is 20.8 Å². The summed E-state index contributed by atoms with van der Waals surface area (Å²) in [6.45, 7) is 5.11. The second kappa shape index (κ2) is 8.39. The van der Waals surface area contributed by atoms with Gasteiger partial charge in [-0.15, -0.1) is 0 Å². The summed E-state index contributed by atoms with van der Waals surface area (Å²) in [6, 6.07) is 18.7. The Bertz CT molecular complexity index is 1280. The van der Waals surface area contributed by atoms with Crippen molar-refractivity contribution < 1.29 is 14.3 Å². The molecule has 0 fully saturated rings. The Labute approximate surface area is 179 Å². The summed E-state index contributed by atoms with van der Waals surface area (Å²) in [4.78, 5) is 29.6. The van der Waals surface area contributed by atoms with Gasteiger partial charge in [-0.05, 0) is 45.0 Å². The Kier molecular flexibility index (Phi) is 5.49. The molecule has 156 valence electrons. The number of amides is 1. The Hall–Kier alpha value is -4.00. The molecule has 0 saturated heterocycles. The van der Waals surface area contributed by atoms with Gasteiger partial charge < -0.3 is 10.1 Å². The van der Waals surface area contributed by atoms with E-state index < -0.39 is 18.5 Å². The van der Waals surface area contributed by atoms with Crippen LogP contribution in [0.4, 0.5) is 5.69 Å². The second-order valence-corrected chi connectivity index (χ2v) is 7.25. The number of nitrogens with zero attached hydrogens (tertiary/aromatic N) is 3. The number of hydrogen-bond donors (Lipinski definition) is 1. The van der Waals surface area contributed by atoms with E-state index in [4.69, 9.17) is 4.74 Å². The molecule has 0 aliphatic rings. The molecule has 7 heteroatoms. The molecular weight excluding hydrogens is 392 g/mol. The van der Waals surface area contributed by atoms with E-state index in [2.05, 4.69) is 15.4 Å². The van der Waals surface area contributed by atoms with Crippen LogP contribution in [-0.2, 0) is 9.53 Å². The van der Waals surface area contributed by atoms with E-state index in [1.54, 1.807) is 10.7 Å². The molecule has 2 aromatic heterocycles. The van der Waals surface area contributed by atoms with Crippen LogP contribution in [-0.4, -0.2) is 33.2 Å². The van der Waals surface area contributed by atoms with Crippen LogP contribution in [0, 0.1) is 20.8 Å². The molecule has 1 amide bonds. The minimum Gasteiger partial charge on any atom is -0.452 e. The lowest BCUT2D eigenvalue weighted by Crippen LogP contribution is -2.21. The van der Waals surface area contributed by atoms with Gasteiger partial charge in [-0.25, -0.2) is 9.48 Å². The van der Waals surface area contributed by atoms with Gasteiger partial charge in [-0.1, -0.05) is 36.4 Å². The Morgan fingerprint density at radius 2 is 1.71 bits per heavy atom. The van der Waals surface area contributed by atoms with Crippen molar-refractivity contribution in [1.82, 2.24) is 14.8 Å². The maximum atomic E-state index is 12.6. The zero-order valence-corrected chi connectivity index (χ0v) is 17.5. The van der Waals surface area contributed by atoms with Crippen molar-refractivity contribution in [3.63, 3.8) is 0 Å². The van der Waals surface area contributed by atoms with Gasteiger partial charge in [0, 0.05) is 11.1 Å². The van der Waals surface area contributed by atoms with Crippen molar-refractivity contribution >= 4 is 28.5 Å². The number of para-hydroxylation sites is 2. The highest BCUT2D eigenvalue weighted by molar-refractivity contribution is 6.04. The minimum atomic E-state index is -0.565. The van der Waals surface area contributed by atoms with Crippen molar-refractivity contribution in [3.8, 4) is 5.69 Å². The van der Waals surface area contributed by atoms with E-state index in [0.717, 1.165) is 11.4 Å². The molecule has 0 aliphatic heterocycles. The highest BCUT2D eigenvalue weighted by Gasteiger charge is 2.18. The number of aromatic nitrogens is 3. The Morgan fingerprint density at radius 1 is 1.00 bits per heavy atom. The van der Waals surface area contributed by atoms with Crippen LogP contribution >= 0.6 is 0 Å². The number of esters is 1. The molecule has 0 spiro atoms. The SMILES string of the molecule is Cc1cc(C(=O)OCC(=O)Nc2c(C)nn(-c3ccccc3)c2C)c2ccccc2n1.